The van der Waals surface area contributed by atoms with E-state index in [2.05, 4.69) is 5.43 Å². The van der Waals surface area contributed by atoms with Crippen molar-refractivity contribution in [3.8, 4) is 0 Å². The van der Waals surface area contributed by atoms with Gasteiger partial charge in [0.1, 0.15) is 0 Å². The molecule has 4 N–H and O–H groups in total. The van der Waals surface area contributed by atoms with Crippen LogP contribution in [0.15, 0.2) is 30.3 Å². The first-order valence-corrected chi connectivity index (χ1v) is 4.94. The van der Waals surface area contributed by atoms with Gasteiger partial charge in [0.05, 0.1) is 12.0 Å². The van der Waals surface area contributed by atoms with Gasteiger partial charge >= 0.3 is 0 Å². The Morgan fingerprint density at radius 2 is 2.07 bits per heavy atom. The molecule has 0 aromatic heterocycles. The van der Waals surface area contributed by atoms with E-state index in [0.717, 1.165) is 5.56 Å². The third-order valence-corrected chi connectivity index (χ3v) is 2.44. The number of rotatable bonds is 4. The monoisotopic (exact) mass is 208 g/mol. The lowest BCUT2D eigenvalue weighted by Gasteiger charge is -2.19. The van der Waals surface area contributed by atoms with Gasteiger partial charge in [0.15, 0.2) is 0 Å². The number of benzene rings is 1. The maximum Gasteiger partial charge on any atom is 0.239 e. The molecule has 2 unspecified atom stereocenters. The fourth-order valence-corrected chi connectivity index (χ4v) is 1.54. The van der Waals surface area contributed by atoms with E-state index >= 15 is 0 Å². The van der Waals surface area contributed by atoms with Crippen molar-refractivity contribution in [2.75, 3.05) is 0 Å². The first-order valence-electron chi connectivity index (χ1n) is 4.94. The number of carbonyl (C=O) groups is 1. The van der Waals surface area contributed by atoms with E-state index in [-0.39, 0.29) is 5.91 Å². The van der Waals surface area contributed by atoms with E-state index in [1.54, 1.807) is 12.1 Å². The number of amides is 1. The van der Waals surface area contributed by atoms with Crippen molar-refractivity contribution in [3.63, 3.8) is 0 Å². The molecule has 4 nitrogen and oxygen atoms in total. The highest BCUT2D eigenvalue weighted by atomic mass is 16.3. The lowest BCUT2D eigenvalue weighted by atomic mass is 9.93. The second kappa shape index (κ2) is 5.48. The van der Waals surface area contributed by atoms with Crippen molar-refractivity contribution in [2.24, 2.45) is 11.8 Å². The van der Waals surface area contributed by atoms with Gasteiger partial charge in [0.25, 0.3) is 0 Å². The van der Waals surface area contributed by atoms with E-state index in [4.69, 9.17) is 5.84 Å². The lowest BCUT2D eigenvalue weighted by Crippen LogP contribution is -2.38. The van der Waals surface area contributed by atoms with Crippen molar-refractivity contribution in [3.05, 3.63) is 35.9 Å². The topological polar surface area (TPSA) is 75.4 Å². The van der Waals surface area contributed by atoms with Crippen LogP contribution in [0.4, 0.5) is 0 Å². The number of nitrogens with one attached hydrogen (secondary N) is 1. The number of hydrogen-bond acceptors (Lipinski definition) is 3. The fourth-order valence-electron chi connectivity index (χ4n) is 1.54. The van der Waals surface area contributed by atoms with Crippen LogP contribution in [-0.4, -0.2) is 11.0 Å². The molecule has 2 atom stereocenters. The van der Waals surface area contributed by atoms with Crippen molar-refractivity contribution >= 4 is 5.91 Å². The second-order valence-corrected chi connectivity index (χ2v) is 3.38. The number of hydrogen-bond donors (Lipinski definition) is 3. The molecule has 1 aromatic rings. The maximum atomic E-state index is 11.4. The van der Waals surface area contributed by atoms with Crippen molar-refractivity contribution < 1.29 is 9.90 Å². The second-order valence-electron chi connectivity index (χ2n) is 3.38. The molecule has 82 valence electrons. The van der Waals surface area contributed by atoms with Gasteiger partial charge in [-0.3, -0.25) is 10.2 Å². The van der Waals surface area contributed by atoms with Crippen LogP contribution in [0.1, 0.15) is 25.0 Å². The summed E-state index contributed by atoms with van der Waals surface area (Å²) in [6.45, 7) is 1.84. The zero-order chi connectivity index (χ0) is 11.3. The summed E-state index contributed by atoms with van der Waals surface area (Å²) in [5.74, 6) is 4.21. The SMILES string of the molecule is CCC(C(=O)NN)C(O)c1ccccc1. The Kier molecular flexibility index (Phi) is 4.27. The highest BCUT2D eigenvalue weighted by Gasteiger charge is 2.25. The molecule has 0 aliphatic carbocycles. The zero-order valence-corrected chi connectivity index (χ0v) is 8.68. The summed E-state index contributed by atoms with van der Waals surface area (Å²) in [6.07, 6.45) is -0.265. The molecule has 0 fully saturated rings. The molecule has 15 heavy (non-hydrogen) atoms. The average Bonchev–Trinajstić information content (AvgIpc) is 2.30. The van der Waals surface area contributed by atoms with Crippen LogP contribution < -0.4 is 11.3 Å². The molecule has 0 saturated heterocycles. The molecule has 0 aliphatic heterocycles. The van der Waals surface area contributed by atoms with E-state index in [1.165, 1.54) is 0 Å². The summed E-state index contributed by atoms with van der Waals surface area (Å²) in [5, 5.41) is 9.97. The van der Waals surface area contributed by atoms with Crippen LogP contribution >= 0.6 is 0 Å². The van der Waals surface area contributed by atoms with Crippen LogP contribution in [0.5, 0.6) is 0 Å². The Morgan fingerprint density at radius 3 is 2.53 bits per heavy atom. The molecule has 0 aliphatic rings. The standard InChI is InChI=1S/C11H16N2O2/c1-2-9(11(15)13-12)10(14)8-6-4-3-5-7-8/h3-7,9-10,14H,2,12H2,1H3,(H,13,15). The molecule has 1 aromatic carbocycles. The zero-order valence-electron chi connectivity index (χ0n) is 8.68. The Labute approximate surface area is 89.1 Å². The quantitative estimate of drug-likeness (QED) is 0.388. The molecule has 0 saturated carbocycles. The van der Waals surface area contributed by atoms with Gasteiger partial charge in [-0.25, -0.2) is 5.84 Å². The largest absolute Gasteiger partial charge is 0.388 e. The minimum atomic E-state index is -0.806. The molecular formula is C11H16N2O2. The smallest absolute Gasteiger partial charge is 0.239 e. The Hall–Kier alpha value is -1.39. The van der Waals surface area contributed by atoms with E-state index in [0.29, 0.717) is 6.42 Å². The van der Waals surface area contributed by atoms with Crippen LogP contribution in [0.25, 0.3) is 0 Å². The highest BCUT2D eigenvalue weighted by molar-refractivity contribution is 5.78. The maximum absolute atomic E-state index is 11.4. The van der Waals surface area contributed by atoms with Crippen molar-refractivity contribution in [1.29, 1.82) is 0 Å². The molecule has 0 bridgehead atoms. The Balaban J connectivity index is 2.82. The van der Waals surface area contributed by atoms with Crippen LogP contribution in [0.3, 0.4) is 0 Å². The molecule has 0 heterocycles. The van der Waals surface area contributed by atoms with Crippen LogP contribution in [-0.2, 0) is 4.79 Å². The first-order chi connectivity index (χ1) is 7.20. The Bertz CT molecular complexity index is 314. The number of aliphatic hydroxyl groups is 1. The van der Waals surface area contributed by atoms with Crippen molar-refractivity contribution in [2.45, 2.75) is 19.4 Å². The summed E-state index contributed by atoms with van der Waals surface area (Å²) in [5.41, 5.74) is 2.80. The predicted octanol–water partition coefficient (Wildman–Crippen LogP) is 0.736. The van der Waals surface area contributed by atoms with Gasteiger partial charge in [0.2, 0.25) is 5.91 Å². The summed E-state index contributed by atoms with van der Waals surface area (Å²) in [6, 6.07) is 9.09. The minimum absolute atomic E-state index is 0.339. The minimum Gasteiger partial charge on any atom is -0.388 e. The lowest BCUT2D eigenvalue weighted by molar-refractivity contribution is -0.129. The number of aliphatic hydroxyl groups excluding tert-OH is 1. The van der Waals surface area contributed by atoms with Gasteiger partial charge in [0, 0.05) is 0 Å². The Morgan fingerprint density at radius 1 is 1.47 bits per heavy atom. The fraction of sp³-hybridized carbons (Fsp3) is 0.364. The summed E-state index contributed by atoms with van der Waals surface area (Å²) in [4.78, 5) is 11.4. The molecular weight excluding hydrogens is 192 g/mol. The van der Waals surface area contributed by atoms with Crippen molar-refractivity contribution in [1.82, 2.24) is 5.43 Å². The van der Waals surface area contributed by atoms with E-state index < -0.39 is 12.0 Å². The molecule has 0 spiro atoms. The van der Waals surface area contributed by atoms with Crippen LogP contribution in [0, 0.1) is 5.92 Å². The van der Waals surface area contributed by atoms with Gasteiger partial charge < -0.3 is 5.11 Å². The molecule has 0 radical (unpaired) electrons. The summed E-state index contributed by atoms with van der Waals surface area (Å²) in [7, 11) is 0. The number of nitrogens with two attached hydrogens (primary N) is 1. The molecule has 1 amide bonds. The van der Waals surface area contributed by atoms with Gasteiger partial charge in [-0.2, -0.15) is 0 Å². The van der Waals surface area contributed by atoms with Gasteiger partial charge in [-0.05, 0) is 12.0 Å². The number of hydrazine groups is 1. The third kappa shape index (κ3) is 2.78. The van der Waals surface area contributed by atoms with E-state index in [1.807, 2.05) is 25.1 Å². The average molecular weight is 208 g/mol. The predicted molar refractivity (Wildman–Crippen MR) is 57.5 cm³/mol. The summed E-state index contributed by atoms with van der Waals surface area (Å²) >= 11 is 0. The number of carbonyl (C=O) groups excluding carboxylic acids is 1. The molecule has 4 heteroatoms. The van der Waals surface area contributed by atoms with E-state index in [9.17, 15) is 9.90 Å². The third-order valence-electron chi connectivity index (χ3n) is 2.44. The van der Waals surface area contributed by atoms with Gasteiger partial charge in [-0.15, -0.1) is 0 Å². The summed E-state index contributed by atoms with van der Waals surface area (Å²) < 4.78 is 0. The first kappa shape index (κ1) is 11.7. The highest BCUT2D eigenvalue weighted by Crippen LogP contribution is 2.24. The van der Waals surface area contributed by atoms with Crippen LogP contribution in [0.2, 0.25) is 0 Å². The normalized spacial score (nSPS) is 14.3. The van der Waals surface area contributed by atoms with Gasteiger partial charge in [-0.1, -0.05) is 37.3 Å². The molecule has 1 rings (SSSR count).